The number of hydrogen-bond acceptors (Lipinski definition) is 4. The minimum absolute atomic E-state index is 0.198. The average Bonchev–Trinajstić information content (AvgIpc) is 2.89. The first-order valence-electron chi connectivity index (χ1n) is 8.53. The van der Waals surface area contributed by atoms with Gasteiger partial charge in [0.15, 0.2) is 16.6 Å². The van der Waals surface area contributed by atoms with Gasteiger partial charge in [0.25, 0.3) is 5.91 Å². The molecule has 0 unspecified atom stereocenters. The number of nitrogens with zero attached hydrogens (tertiary/aromatic N) is 1. The lowest BCUT2D eigenvalue weighted by atomic mass is 10.1. The number of nitrogens with one attached hydrogen (secondary N) is 1. The van der Waals surface area contributed by atoms with E-state index in [0.29, 0.717) is 33.4 Å². The van der Waals surface area contributed by atoms with Gasteiger partial charge in [0.05, 0.1) is 11.1 Å². The SMILES string of the molecule is CCOc1cc(C=C2NC(=S)N(C)C2=O)cc(Br)c1OCc1ccc(F)cc1. The van der Waals surface area contributed by atoms with E-state index in [9.17, 15) is 9.18 Å². The summed E-state index contributed by atoms with van der Waals surface area (Å²) in [5.41, 5.74) is 1.97. The number of ether oxygens (including phenoxy) is 2. The molecule has 0 atom stereocenters. The fraction of sp³-hybridized carbons (Fsp3) is 0.200. The highest BCUT2D eigenvalue weighted by molar-refractivity contribution is 9.10. The monoisotopic (exact) mass is 464 g/mol. The van der Waals surface area contributed by atoms with Gasteiger partial charge in [-0.1, -0.05) is 12.1 Å². The van der Waals surface area contributed by atoms with Gasteiger partial charge in [0, 0.05) is 7.05 Å². The Kier molecular flexibility index (Phi) is 6.31. The Labute approximate surface area is 176 Å². The Bertz CT molecular complexity index is 947. The van der Waals surface area contributed by atoms with Crippen molar-refractivity contribution in [2.45, 2.75) is 13.5 Å². The van der Waals surface area contributed by atoms with Crippen molar-refractivity contribution in [3.8, 4) is 11.5 Å². The smallest absolute Gasteiger partial charge is 0.276 e. The maximum Gasteiger partial charge on any atom is 0.276 e. The summed E-state index contributed by atoms with van der Waals surface area (Å²) in [6.07, 6.45) is 1.70. The second-order valence-electron chi connectivity index (χ2n) is 6.03. The molecule has 1 fully saturated rings. The van der Waals surface area contributed by atoms with E-state index < -0.39 is 0 Å². The molecule has 1 heterocycles. The van der Waals surface area contributed by atoms with E-state index in [-0.39, 0.29) is 18.3 Å². The third-order valence-corrected chi connectivity index (χ3v) is 4.99. The summed E-state index contributed by atoms with van der Waals surface area (Å²) in [4.78, 5) is 13.6. The van der Waals surface area contributed by atoms with E-state index in [2.05, 4.69) is 21.2 Å². The first-order chi connectivity index (χ1) is 13.4. The zero-order valence-electron chi connectivity index (χ0n) is 15.3. The third-order valence-electron chi connectivity index (χ3n) is 4.02. The fourth-order valence-electron chi connectivity index (χ4n) is 2.60. The van der Waals surface area contributed by atoms with E-state index >= 15 is 0 Å². The van der Waals surface area contributed by atoms with Crippen molar-refractivity contribution < 1.29 is 18.7 Å². The zero-order chi connectivity index (χ0) is 20.3. The molecule has 1 N–H and O–H groups in total. The quantitative estimate of drug-likeness (QED) is 0.511. The van der Waals surface area contributed by atoms with Crippen molar-refractivity contribution in [1.29, 1.82) is 0 Å². The van der Waals surface area contributed by atoms with Gasteiger partial charge < -0.3 is 14.8 Å². The molecule has 0 spiro atoms. The summed E-state index contributed by atoms with van der Waals surface area (Å²) in [5, 5.41) is 3.25. The molecular weight excluding hydrogens is 447 g/mol. The maximum atomic E-state index is 13.1. The van der Waals surface area contributed by atoms with Crippen molar-refractivity contribution >= 4 is 45.2 Å². The van der Waals surface area contributed by atoms with Crippen LogP contribution in [0.15, 0.2) is 46.6 Å². The fourth-order valence-corrected chi connectivity index (χ4v) is 3.37. The van der Waals surface area contributed by atoms with Crippen molar-refractivity contribution in [2.75, 3.05) is 13.7 Å². The molecule has 1 saturated heterocycles. The number of thiocarbonyl (C=S) groups is 1. The Hall–Kier alpha value is -2.45. The number of benzene rings is 2. The molecule has 8 heteroatoms. The van der Waals surface area contributed by atoms with Gasteiger partial charge in [-0.15, -0.1) is 0 Å². The molecule has 5 nitrogen and oxygen atoms in total. The van der Waals surface area contributed by atoms with Gasteiger partial charge in [-0.2, -0.15) is 0 Å². The third kappa shape index (κ3) is 4.51. The first-order valence-corrected chi connectivity index (χ1v) is 9.73. The minimum atomic E-state index is -0.294. The van der Waals surface area contributed by atoms with Crippen molar-refractivity contribution in [3.63, 3.8) is 0 Å². The van der Waals surface area contributed by atoms with Gasteiger partial charge in [0.2, 0.25) is 0 Å². The van der Waals surface area contributed by atoms with Crippen molar-refractivity contribution in [1.82, 2.24) is 10.2 Å². The predicted octanol–water partition coefficient (Wildman–Crippen LogP) is 4.25. The molecule has 2 aromatic rings. The average molecular weight is 465 g/mol. The number of likely N-dealkylation sites (N-methyl/N-ethyl adjacent to an activating group) is 1. The second kappa shape index (κ2) is 8.70. The van der Waals surface area contributed by atoms with Crippen LogP contribution in [-0.2, 0) is 11.4 Å². The van der Waals surface area contributed by atoms with E-state index in [1.807, 2.05) is 13.0 Å². The lowest BCUT2D eigenvalue weighted by Crippen LogP contribution is -2.25. The normalized spacial score (nSPS) is 15.1. The lowest BCUT2D eigenvalue weighted by Gasteiger charge is -2.15. The molecule has 0 aromatic heterocycles. The van der Waals surface area contributed by atoms with E-state index in [1.54, 1.807) is 31.3 Å². The van der Waals surface area contributed by atoms with Gasteiger partial charge >= 0.3 is 0 Å². The van der Waals surface area contributed by atoms with E-state index in [4.69, 9.17) is 21.7 Å². The number of halogens is 2. The van der Waals surface area contributed by atoms with Crippen LogP contribution in [0, 0.1) is 5.82 Å². The zero-order valence-corrected chi connectivity index (χ0v) is 17.7. The summed E-state index contributed by atoms with van der Waals surface area (Å²) in [7, 11) is 1.62. The lowest BCUT2D eigenvalue weighted by molar-refractivity contribution is -0.121. The van der Waals surface area contributed by atoms with Crippen LogP contribution in [0.5, 0.6) is 11.5 Å². The Morgan fingerprint density at radius 3 is 2.57 bits per heavy atom. The molecule has 1 amide bonds. The van der Waals surface area contributed by atoms with Crippen molar-refractivity contribution in [2.24, 2.45) is 0 Å². The van der Waals surface area contributed by atoms with Gasteiger partial charge in [-0.25, -0.2) is 4.39 Å². The Balaban J connectivity index is 1.86. The van der Waals surface area contributed by atoms with E-state index in [1.165, 1.54) is 17.0 Å². The highest BCUT2D eigenvalue weighted by Gasteiger charge is 2.27. The molecule has 0 aliphatic carbocycles. The second-order valence-corrected chi connectivity index (χ2v) is 7.27. The number of rotatable bonds is 6. The molecule has 1 aliphatic rings. The van der Waals surface area contributed by atoms with Gasteiger partial charge in [0.1, 0.15) is 18.1 Å². The summed E-state index contributed by atoms with van der Waals surface area (Å²) >= 11 is 8.60. The van der Waals surface area contributed by atoms with Crippen LogP contribution in [0.4, 0.5) is 4.39 Å². The summed E-state index contributed by atoms with van der Waals surface area (Å²) < 4.78 is 25.3. The van der Waals surface area contributed by atoms with Crippen LogP contribution in [0.3, 0.4) is 0 Å². The van der Waals surface area contributed by atoms with E-state index in [0.717, 1.165) is 11.1 Å². The predicted molar refractivity (Wildman–Crippen MR) is 113 cm³/mol. The molecule has 0 bridgehead atoms. The summed E-state index contributed by atoms with van der Waals surface area (Å²) in [6.45, 7) is 2.58. The number of carbonyl (C=O) groups excluding carboxylic acids is 1. The van der Waals surface area contributed by atoms with Gasteiger partial charge in [-0.3, -0.25) is 9.69 Å². The number of hydrogen-bond donors (Lipinski definition) is 1. The van der Waals surface area contributed by atoms with Crippen LogP contribution in [0.25, 0.3) is 6.08 Å². The van der Waals surface area contributed by atoms with Crippen LogP contribution < -0.4 is 14.8 Å². The molecule has 28 heavy (non-hydrogen) atoms. The van der Waals surface area contributed by atoms with Crippen LogP contribution in [0.1, 0.15) is 18.1 Å². The van der Waals surface area contributed by atoms with Gasteiger partial charge in [-0.05, 0) is 76.5 Å². The Morgan fingerprint density at radius 1 is 1.25 bits per heavy atom. The van der Waals surface area contributed by atoms with Crippen LogP contribution >= 0.6 is 28.1 Å². The molecule has 0 radical (unpaired) electrons. The molecular formula is C20H18BrFN2O3S. The summed E-state index contributed by atoms with van der Waals surface area (Å²) in [5.74, 6) is 0.576. The molecule has 3 rings (SSSR count). The van der Waals surface area contributed by atoms with Crippen molar-refractivity contribution in [3.05, 3.63) is 63.5 Å². The topological polar surface area (TPSA) is 50.8 Å². The molecule has 2 aromatic carbocycles. The number of amides is 1. The molecule has 146 valence electrons. The highest BCUT2D eigenvalue weighted by Crippen LogP contribution is 2.38. The first kappa shape index (κ1) is 20.3. The maximum absolute atomic E-state index is 13.1. The van der Waals surface area contributed by atoms with Crippen LogP contribution in [-0.4, -0.2) is 29.6 Å². The minimum Gasteiger partial charge on any atom is -0.490 e. The highest BCUT2D eigenvalue weighted by atomic mass is 79.9. The Morgan fingerprint density at radius 2 is 1.96 bits per heavy atom. The largest absolute Gasteiger partial charge is 0.490 e. The number of carbonyl (C=O) groups is 1. The molecule has 1 aliphatic heterocycles. The van der Waals surface area contributed by atoms with Crippen LogP contribution in [0.2, 0.25) is 0 Å². The summed E-state index contributed by atoms with van der Waals surface area (Å²) in [6, 6.07) is 9.72. The standard InChI is InChI=1S/C20H18BrFN2O3S/c1-3-26-17-10-13(9-16-19(25)24(2)20(28)23-16)8-15(21)18(17)27-11-12-4-6-14(22)7-5-12/h4-10H,3,11H2,1-2H3,(H,23,28). The molecule has 0 saturated carbocycles.